The molecule has 0 atom stereocenters. The number of carbonyl (C=O) groups excluding carboxylic acids is 1. The average molecular weight is 356 g/mol. The van der Waals surface area contributed by atoms with Crippen LogP contribution in [-0.4, -0.2) is 13.0 Å². The van der Waals surface area contributed by atoms with Gasteiger partial charge in [-0.2, -0.15) is 5.26 Å². The van der Waals surface area contributed by atoms with Gasteiger partial charge < -0.3 is 15.4 Å². The molecular formula is C19H18ClN3O2. The molecule has 0 saturated heterocycles. The number of ether oxygens (including phenoxy) is 1. The van der Waals surface area contributed by atoms with Crippen molar-refractivity contribution in [1.29, 1.82) is 5.26 Å². The van der Waals surface area contributed by atoms with Gasteiger partial charge in [-0.1, -0.05) is 29.8 Å². The van der Waals surface area contributed by atoms with E-state index in [1.165, 1.54) is 13.3 Å². The first-order valence-electron chi connectivity index (χ1n) is 7.57. The maximum atomic E-state index is 12.3. The number of hydrogen-bond donors (Lipinski definition) is 2. The number of anilines is 1. The second kappa shape index (κ2) is 8.76. The molecule has 5 nitrogen and oxygen atoms in total. The number of nitrogens with one attached hydrogen (secondary N) is 2. The Morgan fingerprint density at radius 1 is 1.32 bits per heavy atom. The maximum absolute atomic E-state index is 12.3. The van der Waals surface area contributed by atoms with Crippen LogP contribution in [0, 0.1) is 18.3 Å². The molecule has 128 valence electrons. The normalized spacial score (nSPS) is 10.7. The lowest BCUT2D eigenvalue weighted by molar-refractivity contribution is -0.112. The number of halogens is 1. The van der Waals surface area contributed by atoms with Gasteiger partial charge in [-0.05, 0) is 42.3 Å². The van der Waals surface area contributed by atoms with E-state index >= 15 is 0 Å². The predicted octanol–water partition coefficient (Wildman–Crippen LogP) is 3.79. The zero-order valence-corrected chi connectivity index (χ0v) is 14.7. The summed E-state index contributed by atoms with van der Waals surface area (Å²) in [5.41, 5.74) is 2.40. The molecule has 0 aromatic heterocycles. The van der Waals surface area contributed by atoms with E-state index in [-0.39, 0.29) is 5.57 Å². The summed E-state index contributed by atoms with van der Waals surface area (Å²) in [6.45, 7) is 2.36. The van der Waals surface area contributed by atoms with Crippen LogP contribution in [0.5, 0.6) is 5.75 Å². The molecule has 2 aromatic carbocycles. The standard InChI is InChI=1S/C19H18ClN3O2/c1-13-6-7-18(25-2)17(8-13)23-19(24)15(10-21)12-22-11-14-4-3-5-16(20)9-14/h3-9,12,22H,11H2,1-2H3,(H,23,24)/b15-12-. The van der Waals surface area contributed by atoms with E-state index in [1.54, 1.807) is 18.2 Å². The topological polar surface area (TPSA) is 74.1 Å². The Morgan fingerprint density at radius 3 is 2.80 bits per heavy atom. The van der Waals surface area contributed by atoms with Gasteiger partial charge in [0.15, 0.2) is 0 Å². The first-order valence-corrected chi connectivity index (χ1v) is 7.95. The van der Waals surface area contributed by atoms with Crippen LogP contribution in [0.15, 0.2) is 54.2 Å². The van der Waals surface area contributed by atoms with Crippen molar-refractivity contribution >= 4 is 23.2 Å². The van der Waals surface area contributed by atoms with Gasteiger partial charge in [0.05, 0.1) is 12.8 Å². The highest BCUT2D eigenvalue weighted by atomic mass is 35.5. The number of rotatable bonds is 6. The molecule has 0 heterocycles. The number of nitrogens with zero attached hydrogens (tertiary/aromatic N) is 1. The van der Waals surface area contributed by atoms with Crippen molar-refractivity contribution < 1.29 is 9.53 Å². The van der Waals surface area contributed by atoms with Crippen LogP contribution in [0.4, 0.5) is 5.69 Å². The van der Waals surface area contributed by atoms with Crippen LogP contribution in [0.25, 0.3) is 0 Å². The summed E-state index contributed by atoms with van der Waals surface area (Å²) in [6.07, 6.45) is 1.39. The summed E-state index contributed by atoms with van der Waals surface area (Å²) in [4.78, 5) is 12.3. The van der Waals surface area contributed by atoms with Gasteiger partial charge in [0.25, 0.3) is 5.91 Å². The van der Waals surface area contributed by atoms with Gasteiger partial charge in [-0.25, -0.2) is 0 Å². The van der Waals surface area contributed by atoms with Gasteiger partial charge in [0, 0.05) is 17.8 Å². The fourth-order valence-corrected chi connectivity index (χ4v) is 2.39. The van der Waals surface area contributed by atoms with Crippen molar-refractivity contribution in [2.75, 3.05) is 12.4 Å². The van der Waals surface area contributed by atoms with Crippen molar-refractivity contribution in [2.24, 2.45) is 0 Å². The zero-order valence-electron chi connectivity index (χ0n) is 14.0. The summed E-state index contributed by atoms with van der Waals surface area (Å²) in [5, 5.41) is 15.5. The fraction of sp³-hybridized carbons (Fsp3) is 0.158. The third-order valence-electron chi connectivity index (χ3n) is 3.41. The Labute approximate surface area is 151 Å². The highest BCUT2D eigenvalue weighted by Gasteiger charge is 2.12. The lowest BCUT2D eigenvalue weighted by atomic mass is 10.2. The molecule has 1 amide bonds. The lowest BCUT2D eigenvalue weighted by Gasteiger charge is -2.10. The first-order chi connectivity index (χ1) is 12.0. The smallest absolute Gasteiger partial charge is 0.267 e. The second-order valence-electron chi connectivity index (χ2n) is 5.34. The molecule has 0 bridgehead atoms. The minimum atomic E-state index is -0.509. The second-order valence-corrected chi connectivity index (χ2v) is 5.77. The van der Waals surface area contributed by atoms with E-state index < -0.39 is 5.91 Å². The molecule has 0 unspecified atom stereocenters. The quantitative estimate of drug-likeness (QED) is 0.610. The fourth-order valence-electron chi connectivity index (χ4n) is 2.18. The van der Waals surface area contributed by atoms with Crippen LogP contribution in [0.1, 0.15) is 11.1 Å². The lowest BCUT2D eigenvalue weighted by Crippen LogP contribution is -2.17. The van der Waals surface area contributed by atoms with Crippen LogP contribution in [0.2, 0.25) is 5.02 Å². The van der Waals surface area contributed by atoms with E-state index in [4.69, 9.17) is 16.3 Å². The van der Waals surface area contributed by atoms with E-state index in [9.17, 15) is 10.1 Å². The van der Waals surface area contributed by atoms with Gasteiger partial charge in [0.2, 0.25) is 0 Å². The van der Waals surface area contributed by atoms with Gasteiger partial charge >= 0.3 is 0 Å². The number of carbonyl (C=O) groups is 1. The Balaban J connectivity index is 2.06. The molecule has 2 rings (SSSR count). The average Bonchev–Trinajstić information content (AvgIpc) is 2.59. The highest BCUT2D eigenvalue weighted by Crippen LogP contribution is 2.25. The predicted molar refractivity (Wildman–Crippen MR) is 98.3 cm³/mol. The molecule has 0 fully saturated rings. The van der Waals surface area contributed by atoms with Gasteiger partial charge in [0.1, 0.15) is 17.4 Å². The number of nitriles is 1. The first kappa shape index (κ1) is 18.4. The van der Waals surface area contributed by atoms with E-state index in [0.29, 0.717) is 23.0 Å². The third-order valence-corrected chi connectivity index (χ3v) is 3.64. The molecule has 0 radical (unpaired) electrons. The molecule has 0 spiro atoms. The summed E-state index contributed by atoms with van der Waals surface area (Å²) < 4.78 is 5.22. The highest BCUT2D eigenvalue weighted by molar-refractivity contribution is 6.30. The summed E-state index contributed by atoms with van der Waals surface area (Å²) >= 11 is 5.92. The summed E-state index contributed by atoms with van der Waals surface area (Å²) in [6, 6.07) is 14.6. The SMILES string of the molecule is COc1ccc(C)cc1NC(=O)/C(C#N)=C\NCc1cccc(Cl)c1. The molecule has 25 heavy (non-hydrogen) atoms. The minimum absolute atomic E-state index is 0.0365. The summed E-state index contributed by atoms with van der Waals surface area (Å²) in [7, 11) is 1.52. The van der Waals surface area contributed by atoms with Crippen molar-refractivity contribution in [3.05, 3.63) is 70.4 Å². The molecule has 0 aliphatic rings. The number of hydrogen-bond acceptors (Lipinski definition) is 4. The molecule has 2 aromatic rings. The summed E-state index contributed by atoms with van der Waals surface area (Å²) in [5.74, 6) is 0.0214. The Hall–Kier alpha value is -2.97. The molecular weight excluding hydrogens is 338 g/mol. The molecule has 2 N–H and O–H groups in total. The molecule has 6 heteroatoms. The van der Waals surface area contributed by atoms with E-state index in [2.05, 4.69) is 10.6 Å². The number of aryl methyl sites for hydroxylation is 1. The third kappa shape index (κ3) is 5.27. The van der Waals surface area contributed by atoms with Crippen molar-refractivity contribution in [3.8, 4) is 11.8 Å². The Bertz CT molecular complexity index is 841. The zero-order chi connectivity index (χ0) is 18.2. The molecule has 0 aliphatic heterocycles. The molecule has 0 saturated carbocycles. The van der Waals surface area contributed by atoms with Crippen molar-refractivity contribution in [1.82, 2.24) is 5.32 Å². The number of amides is 1. The van der Waals surface area contributed by atoms with Crippen LogP contribution < -0.4 is 15.4 Å². The monoisotopic (exact) mass is 355 g/mol. The van der Waals surface area contributed by atoms with Crippen LogP contribution in [0.3, 0.4) is 0 Å². The van der Waals surface area contributed by atoms with Crippen LogP contribution >= 0.6 is 11.6 Å². The van der Waals surface area contributed by atoms with Gasteiger partial charge in [-0.3, -0.25) is 4.79 Å². The maximum Gasteiger partial charge on any atom is 0.267 e. The van der Waals surface area contributed by atoms with E-state index in [0.717, 1.165) is 11.1 Å². The number of benzene rings is 2. The Morgan fingerprint density at radius 2 is 2.12 bits per heavy atom. The number of methoxy groups -OCH3 is 1. The van der Waals surface area contributed by atoms with Crippen molar-refractivity contribution in [3.63, 3.8) is 0 Å². The largest absolute Gasteiger partial charge is 0.495 e. The van der Waals surface area contributed by atoms with Crippen LogP contribution in [-0.2, 0) is 11.3 Å². The van der Waals surface area contributed by atoms with E-state index in [1.807, 2.05) is 37.3 Å². The Kier molecular flexibility index (Phi) is 6.44. The van der Waals surface area contributed by atoms with Gasteiger partial charge in [-0.15, -0.1) is 0 Å². The molecule has 0 aliphatic carbocycles. The minimum Gasteiger partial charge on any atom is -0.495 e. The van der Waals surface area contributed by atoms with Crippen molar-refractivity contribution in [2.45, 2.75) is 13.5 Å².